The quantitative estimate of drug-likeness (QED) is 0.778. The van der Waals surface area contributed by atoms with Crippen molar-refractivity contribution in [1.29, 1.82) is 0 Å². The van der Waals surface area contributed by atoms with E-state index in [0.717, 1.165) is 37.9 Å². The first-order valence-electron chi connectivity index (χ1n) is 10.1. The number of rotatable bonds is 6. The van der Waals surface area contributed by atoms with Crippen molar-refractivity contribution in [2.45, 2.75) is 69.5 Å². The Morgan fingerprint density at radius 3 is 2.54 bits per heavy atom. The van der Waals surface area contributed by atoms with Crippen molar-refractivity contribution >= 4 is 9.84 Å². The Morgan fingerprint density at radius 2 is 1.88 bits per heavy atom. The smallest absolute Gasteiger partial charge is 0.150 e. The number of nitrogens with two attached hydrogens (primary N) is 1. The van der Waals surface area contributed by atoms with E-state index < -0.39 is 9.84 Å². The fraction of sp³-hybridized carbons (Fsp3) is 0.889. The Hall–Kier alpha value is -0.990. The van der Waals surface area contributed by atoms with E-state index in [4.69, 9.17) is 5.73 Å². The maximum Gasteiger partial charge on any atom is 0.150 e. The molecule has 1 aliphatic heterocycles. The third kappa shape index (κ3) is 4.12. The van der Waals surface area contributed by atoms with Crippen LogP contribution in [0.4, 0.5) is 0 Å². The van der Waals surface area contributed by atoms with E-state index in [2.05, 4.69) is 15.6 Å². The lowest BCUT2D eigenvalue weighted by atomic mass is 9.82. The van der Waals surface area contributed by atoms with Crippen molar-refractivity contribution in [3.63, 3.8) is 0 Å². The molecule has 26 heavy (non-hydrogen) atoms. The van der Waals surface area contributed by atoms with Crippen LogP contribution in [0.5, 0.6) is 0 Å². The largest absolute Gasteiger partial charge is 0.308 e. The number of sulfone groups is 1. The van der Waals surface area contributed by atoms with Crippen LogP contribution in [0.2, 0.25) is 0 Å². The minimum Gasteiger partial charge on any atom is -0.308 e. The fourth-order valence-corrected chi connectivity index (χ4v) is 6.00. The maximum atomic E-state index is 11.7. The molecule has 1 aromatic rings. The third-order valence-corrected chi connectivity index (χ3v) is 8.19. The Kier molecular flexibility index (Phi) is 5.09. The first-order valence-corrected chi connectivity index (χ1v) is 11.9. The summed E-state index contributed by atoms with van der Waals surface area (Å²) in [4.78, 5) is 0. The molecule has 1 atom stereocenters. The van der Waals surface area contributed by atoms with Crippen LogP contribution in [0.1, 0.15) is 69.5 Å². The fourth-order valence-electron chi connectivity index (χ4n) is 4.41. The van der Waals surface area contributed by atoms with E-state index >= 15 is 0 Å². The van der Waals surface area contributed by atoms with Gasteiger partial charge in [-0.1, -0.05) is 24.5 Å². The molecule has 3 fully saturated rings. The molecule has 2 saturated carbocycles. The molecule has 7 nitrogen and oxygen atoms in total. The molecule has 146 valence electrons. The zero-order valence-electron chi connectivity index (χ0n) is 15.4. The first-order chi connectivity index (χ1) is 12.5. The van der Waals surface area contributed by atoms with Gasteiger partial charge in [-0.3, -0.25) is 0 Å². The van der Waals surface area contributed by atoms with Gasteiger partial charge in [0.15, 0.2) is 0 Å². The molecule has 3 aliphatic rings. The van der Waals surface area contributed by atoms with Crippen molar-refractivity contribution in [1.82, 2.24) is 20.3 Å². The predicted molar refractivity (Wildman–Crippen MR) is 100 cm³/mol. The molecule has 2 aliphatic carbocycles. The van der Waals surface area contributed by atoms with Crippen molar-refractivity contribution in [3.05, 3.63) is 11.9 Å². The first kappa shape index (κ1) is 18.4. The molecule has 0 unspecified atom stereocenters. The lowest BCUT2D eigenvalue weighted by Gasteiger charge is -2.32. The van der Waals surface area contributed by atoms with Crippen LogP contribution in [-0.2, 0) is 15.5 Å². The molecule has 3 N–H and O–H groups in total. The van der Waals surface area contributed by atoms with Crippen LogP contribution in [-0.4, -0.2) is 41.5 Å². The monoisotopic (exact) mass is 381 g/mol. The summed E-state index contributed by atoms with van der Waals surface area (Å²) in [5.41, 5.74) is 6.94. The van der Waals surface area contributed by atoms with Gasteiger partial charge in [0.1, 0.15) is 15.5 Å². The average molecular weight is 382 g/mol. The van der Waals surface area contributed by atoms with Crippen LogP contribution in [0.25, 0.3) is 0 Å². The Balaban J connectivity index is 1.43. The lowest BCUT2D eigenvalue weighted by molar-refractivity contribution is 0.254. The topological polar surface area (TPSA) is 103 Å². The van der Waals surface area contributed by atoms with E-state index in [9.17, 15) is 8.42 Å². The number of hydrogen-bond acceptors (Lipinski definition) is 6. The van der Waals surface area contributed by atoms with E-state index in [-0.39, 0.29) is 11.7 Å². The molecule has 2 heterocycles. The summed E-state index contributed by atoms with van der Waals surface area (Å²) in [6, 6.07) is 0.199. The van der Waals surface area contributed by atoms with Gasteiger partial charge in [-0.2, -0.15) is 0 Å². The van der Waals surface area contributed by atoms with Crippen LogP contribution in [0.15, 0.2) is 6.20 Å². The molecule has 0 spiro atoms. The van der Waals surface area contributed by atoms with Gasteiger partial charge >= 0.3 is 0 Å². The van der Waals surface area contributed by atoms with Gasteiger partial charge in [-0.15, -0.1) is 5.10 Å². The van der Waals surface area contributed by atoms with E-state index in [0.29, 0.717) is 23.3 Å². The summed E-state index contributed by atoms with van der Waals surface area (Å²) in [5, 5.41) is 12.5. The number of hydrogen-bond donors (Lipinski definition) is 2. The zero-order chi connectivity index (χ0) is 18.2. The summed E-state index contributed by atoms with van der Waals surface area (Å²) >= 11 is 0. The summed E-state index contributed by atoms with van der Waals surface area (Å²) in [6.45, 7) is 0.858. The lowest BCUT2D eigenvalue weighted by Crippen LogP contribution is -2.36. The van der Waals surface area contributed by atoms with Gasteiger partial charge in [-0.05, 0) is 56.9 Å². The minimum atomic E-state index is -2.80. The summed E-state index contributed by atoms with van der Waals surface area (Å²) in [6.07, 6.45) is 11.8. The predicted octanol–water partition coefficient (Wildman–Crippen LogP) is 1.72. The highest BCUT2D eigenvalue weighted by Crippen LogP contribution is 2.38. The van der Waals surface area contributed by atoms with Gasteiger partial charge < -0.3 is 11.1 Å². The van der Waals surface area contributed by atoms with E-state index in [1.807, 2.05) is 10.9 Å². The van der Waals surface area contributed by atoms with Crippen LogP contribution < -0.4 is 11.1 Å². The summed E-state index contributed by atoms with van der Waals surface area (Å²) in [5.74, 6) is 1.68. The highest BCUT2D eigenvalue weighted by molar-refractivity contribution is 7.91. The second-order valence-electron chi connectivity index (χ2n) is 8.57. The van der Waals surface area contributed by atoms with Gasteiger partial charge in [-0.25, -0.2) is 13.1 Å². The number of nitrogens with one attached hydrogen (secondary N) is 1. The molecule has 0 radical (unpaired) electrons. The highest BCUT2D eigenvalue weighted by Gasteiger charge is 2.42. The van der Waals surface area contributed by atoms with E-state index in [1.54, 1.807) is 0 Å². The molecule has 1 aromatic heterocycles. The summed E-state index contributed by atoms with van der Waals surface area (Å²) in [7, 11) is -2.80. The number of aromatic nitrogens is 3. The van der Waals surface area contributed by atoms with Crippen molar-refractivity contribution in [2.24, 2.45) is 17.6 Å². The molecule has 0 aromatic carbocycles. The van der Waals surface area contributed by atoms with Crippen molar-refractivity contribution in [2.75, 3.05) is 18.1 Å². The highest BCUT2D eigenvalue weighted by atomic mass is 32.2. The Labute approximate surface area is 156 Å². The SMILES string of the molecule is NC1(n2cc([C@@H](NCC3CCS(=O)(=O)CC3)C3CCCCC3)nn2)CC1. The minimum absolute atomic E-state index is 0.199. The van der Waals surface area contributed by atoms with Gasteiger partial charge in [0, 0.05) is 0 Å². The van der Waals surface area contributed by atoms with Crippen LogP contribution in [0, 0.1) is 11.8 Å². The molecule has 8 heteroatoms. The number of nitrogens with zero attached hydrogens (tertiary/aromatic N) is 3. The van der Waals surface area contributed by atoms with E-state index in [1.165, 1.54) is 32.1 Å². The van der Waals surface area contributed by atoms with Gasteiger partial charge in [0.05, 0.1) is 29.4 Å². The van der Waals surface area contributed by atoms with Crippen molar-refractivity contribution < 1.29 is 8.42 Å². The molecule has 4 rings (SSSR count). The molecule has 0 bridgehead atoms. The van der Waals surface area contributed by atoms with Crippen LogP contribution in [0.3, 0.4) is 0 Å². The molecular formula is C18H31N5O2S. The Bertz CT molecular complexity index is 708. The Morgan fingerprint density at radius 1 is 1.19 bits per heavy atom. The second kappa shape index (κ2) is 7.20. The average Bonchev–Trinajstić information content (AvgIpc) is 3.19. The maximum absolute atomic E-state index is 11.7. The standard InChI is InChI=1S/C18H31N5O2S/c19-18(8-9-18)23-13-16(21-22-23)17(15-4-2-1-3-5-15)20-12-14-6-10-26(24,25)11-7-14/h13-15,17,20H,1-12,19H2/t17-/m0/s1. The third-order valence-electron chi connectivity index (χ3n) is 6.47. The summed E-state index contributed by atoms with van der Waals surface area (Å²) < 4.78 is 25.1. The zero-order valence-corrected chi connectivity index (χ0v) is 16.3. The second-order valence-corrected chi connectivity index (χ2v) is 10.9. The molecule has 0 amide bonds. The molecule has 1 saturated heterocycles. The van der Waals surface area contributed by atoms with Crippen LogP contribution >= 0.6 is 0 Å². The molecular weight excluding hydrogens is 350 g/mol. The van der Waals surface area contributed by atoms with Crippen molar-refractivity contribution in [3.8, 4) is 0 Å². The normalized spacial score (nSPS) is 27.3. The van der Waals surface area contributed by atoms with Gasteiger partial charge in [0.2, 0.25) is 0 Å². The van der Waals surface area contributed by atoms with Gasteiger partial charge in [0.25, 0.3) is 0 Å².